The smallest absolute Gasteiger partial charge is 0.234 e. The highest BCUT2D eigenvalue weighted by atomic mass is 79.9. The van der Waals surface area contributed by atoms with E-state index < -0.39 is 0 Å². The Hall–Kier alpha value is -1.04. The van der Waals surface area contributed by atoms with Crippen molar-refractivity contribution in [2.45, 2.75) is 11.9 Å². The molecule has 0 fully saturated rings. The summed E-state index contributed by atoms with van der Waals surface area (Å²) in [6.07, 6.45) is 1.57. The summed E-state index contributed by atoms with van der Waals surface area (Å²) in [5, 5.41) is 4.25. The lowest BCUT2D eigenvalue weighted by Gasteiger charge is -2.08. The molecule has 0 atom stereocenters. The number of rotatable bonds is 4. The largest absolute Gasteiger partial charge is 0.325 e. The molecule has 1 aromatic carbocycles. The molecule has 20 heavy (non-hydrogen) atoms. The highest BCUT2D eigenvalue weighted by Gasteiger charge is 2.06. The van der Waals surface area contributed by atoms with Crippen LogP contribution >= 0.6 is 39.3 Å². The van der Waals surface area contributed by atoms with Gasteiger partial charge in [0, 0.05) is 16.4 Å². The second-order valence-corrected chi connectivity index (χ2v) is 6.46. The number of amides is 1. The molecule has 2 aromatic rings. The van der Waals surface area contributed by atoms with E-state index in [9.17, 15) is 4.79 Å². The Bertz CT molecular complexity index is 619. The van der Waals surface area contributed by atoms with Crippen LogP contribution in [0.25, 0.3) is 0 Å². The van der Waals surface area contributed by atoms with E-state index in [2.05, 4.69) is 26.2 Å². The van der Waals surface area contributed by atoms with E-state index >= 15 is 0 Å². The predicted molar refractivity (Wildman–Crippen MR) is 87.5 cm³/mol. The van der Waals surface area contributed by atoms with Gasteiger partial charge in [-0.15, -0.1) is 0 Å². The number of aromatic nitrogens is 1. The van der Waals surface area contributed by atoms with Crippen LogP contribution in [0, 0.1) is 6.92 Å². The average Bonchev–Trinajstić information content (AvgIpc) is 2.41. The van der Waals surface area contributed by atoms with Crippen molar-refractivity contribution in [1.82, 2.24) is 4.98 Å². The maximum Gasteiger partial charge on any atom is 0.234 e. The van der Waals surface area contributed by atoms with Crippen molar-refractivity contribution in [3.05, 3.63) is 51.6 Å². The van der Waals surface area contributed by atoms with Gasteiger partial charge >= 0.3 is 0 Å². The first kappa shape index (κ1) is 15.4. The van der Waals surface area contributed by atoms with Gasteiger partial charge in [-0.3, -0.25) is 4.79 Å². The number of halogens is 2. The molecule has 0 radical (unpaired) electrons. The predicted octanol–water partition coefficient (Wildman–Crippen LogP) is 4.54. The summed E-state index contributed by atoms with van der Waals surface area (Å²) in [4.78, 5) is 16.0. The van der Waals surface area contributed by atoms with Crippen LogP contribution in [-0.2, 0) is 4.79 Å². The van der Waals surface area contributed by atoms with Crippen molar-refractivity contribution in [1.29, 1.82) is 0 Å². The first-order valence-corrected chi connectivity index (χ1v) is 8.00. The van der Waals surface area contributed by atoms with Crippen LogP contribution in [-0.4, -0.2) is 16.6 Å². The molecule has 0 spiro atoms. The van der Waals surface area contributed by atoms with E-state index in [0.717, 1.165) is 20.7 Å². The number of thioether (sulfide) groups is 1. The van der Waals surface area contributed by atoms with E-state index in [-0.39, 0.29) is 5.91 Å². The molecule has 0 aliphatic carbocycles. The summed E-state index contributed by atoms with van der Waals surface area (Å²) in [5.74, 6) is 0.251. The number of benzene rings is 1. The van der Waals surface area contributed by atoms with E-state index in [1.165, 1.54) is 11.8 Å². The van der Waals surface area contributed by atoms with Crippen LogP contribution in [0.2, 0.25) is 5.02 Å². The van der Waals surface area contributed by atoms with E-state index in [4.69, 9.17) is 11.6 Å². The summed E-state index contributed by atoms with van der Waals surface area (Å²) in [5.41, 5.74) is 1.84. The monoisotopic (exact) mass is 370 g/mol. The molecule has 0 unspecified atom stereocenters. The fourth-order valence-electron chi connectivity index (χ4n) is 1.54. The summed E-state index contributed by atoms with van der Waals surface area (Å²) in [7, 11) is 0. The number of carbonyl (C=O) groups is 1. The van der Waals surface area contributed by atoms with Crippen LogP contribution in [0.15, 0.2) is 46.0 Å². The van der Waals surface area contributed by atoms with Gasteiger partial charge in [-0.05, 0) is 42.8 Å². The van der Waals surface area contributed by atoms with Crippen LogP contribution in [0.3, 0.4) is 0 Å². The van der Waals surface area contributed by atoms with Gasteiger partial charge in [0.15, 0.2) is 0 Å². The Labute approximate surface area is 135 Å². The zero-order chi connectivity index (χ0) is 14.5. The van der Waals surface area contributed by atoms with Crippen molar-refractivity contribution in [3.63, 3.8) is 0 Å². The topological polar surface area (TPSA) is 42.0 Å². The van der Waals surface area contributed by atoms with Gasteiger partial charge in [-0.25, -0.2) is 4.98 Å². The number of hydrogen-bond acceptors (Lipinski definition) is 3. The number of aryl methyl sites for hydroxylation is 1. The molecule has 0 aliphatic heterocycles. The normalized spacial score (nSPS) is 10.3. The van der Waals surface area contributed by atoms with Crippen molar-refractivity contribution >= 4 is 50.9 Å². The summed E-state index contributed by atoms with van der Waals surface area (Å²) in [6.45, 7) is 1.95. The van der Waals surface area contributed by atoms with Gasteiger partial charge < -0.3 is 5.32 Å². The van der Waals surface area contributed by atoms with E-state index in [1.807, 2.05) is 25.1 Å². The molecule has 6 heteroatoms. The number of hydrogen-bond donors (Lipinski definition) is 1. The number of pyridine rings is 1. The molecule has 0 saturated heterocycles. The summed E-state index contributed by atoms with van der Waals surface area (Å²) < 4.78 is 0.993. The molecule has 0 saturated carbocycles. The molecule has 1 aromatic heterocycles. The maximum absolute atomic E-state index is 11.9. The molecule has 0 bridgehead atoms. The first-order valence-electron chi connectivity index (χ1n) is 5.85. The molecular formula is C14H12BrClN2OS. The summed E-state index contributed by atoms with van der Waals surface area (Å²) >= 11 is 10.5. The minimum Gasteiger partial charge on any atom is -0.325 e. The first-order chi connectivity index (χ1) is 9.54. The lowest BCUT2D eigenvalue weighted by molar-refractivity contribution is -0.113. The minimum absolute atomic E-state index is 0.0582. The third-order valence-corrected chi connectivity index (χ3v) is 4.17. The van der Waals surface area contributed by atoms with Gasteiger partial charge in [0.1, 0.15) is 0 Å². The minimum atomic E-state index is -0.0582. The van der Waals surface area contributed by atoms with Crippen LogP contribution in [0.4, 0.5) is 5.69 Å². The van der Waals surface area contributed by atoms with Gasteiger partial charge in [0.25, 0.3) is 0 Å². The zero-order valence-corrected chi connectivity index (χ0v) is 13.8. The number of nitrogens with one attached hydrogen (secondary N) is 1. The van der Waals surface area contributed by atoms with Gasteiger partial charge in [0.2, 0.25) is 5.91 Å². The molecule has 1 heterocycles. The second-order valence-electron chi connectivity index (χ2n) is 4.11. The number of anilines is 1. The SMILES string of the molecule is Cc1cc(Br)ccc1NC(=O)CSc1ccc(Cl)cn1. The van der Waals surface area contributed by atoms with Crippen molar-refractivity contribution < 1.29 is 4.79 Å². The Morgan fingerprint density at radius 1 is 1.40 bits per heavy atom. The highest BCUT2D eigenvalue weighted by Crippen LogP contribution is 2.21. The average molecular weight is 372 g/mol. The third kappa shape index (κ3) is 4.51. The molecule has 2 rings (SSSR count). The lowest BCUT2D eigenvalue weighted by Crippen LogP contribution is -2.14. The Kier molecular flexibility index (Phi) is 5.46. The molecular weight excluding hydrogens is 360 g/mol. The summed E-state index contributed by atoms with van der Waals surface area (Å²) in [6, 6.07) is 9.29. The number of carbonyl (C=O) groups excluding carboxylic acids is 1. The molecule has 3 nitrogen and oxygen atoms in total. The Morgan fingerprint density at radius 2 is 2.20 bits per heavy atom. The number of nitrogens with zero attached hydrogens (tertiary/aromatic N) is 1. The third-order valence-electron chi connectivity index (χ3n) is 2.51. The molecule has 1 amide bonds. The van der Waals surface area contributed by atoms with Crippen LogP contribution in [0.1, 0.15) is 5.56 Å². The molecule has 104 valence electrons. The molecule has 1 N–H and O–H groups in total. The standard InChI is InChI=1S/C14H12BrClN2OS/c1-9-6-10(15)2-4-12(9)18-13(19)8-20-14-5-3-11(16)7-17-14/h2-7H,8H2,1H3,(H,18,19). The lowest BCUT2D eigenvalue weighted by atomic mass is 10.2. The second kappa shape index (κ2) is 7.11. The maximum atomic E-state index is 11.9. The Balaban J connectivity index is 1.90. The van der Waals surface area contributed by atoms with Gasteiger partial charge in [0.05, 0.1) is 15.8 Å². The fourth-order valence-corrected chi connectivity index (χ4v) is 2.77. The molecule has 0 aliphatic rings. The van der Waals surface area contributed by atoms with Crippen LogP contribution < -0.4 is 5.32 Å². The van der Waals surface area contributed by atoms with Crippen molar-refractivity contribution in [2.24, 2.45) is 0 Å². The fraction of sp³-hybridized carbons (Fsp3) is 0.143. The van der Waals surface area contributed by atoms with Crippen molar-refractivity contribution in [2.75, 3.05) is 11.1 Å². The highest BCUT2D eigenvalue weighted by molar-refractivity contribution is 9.10. The van der Waals surface area contributed by atoms with Gasteiger partial charge in [-0.2, -0.15) is 0 Å². The van der Waals surface area contributed by atoms with Crippen LogP contribution in [0.5, 0.6) is 0 Å². The Morgan fingerprint density at radius 3 is 2.85 bits per heavy atom. The zero-order valence-electron chi connectivity index (χ0n) is 10.7. The van der Waals surface area contributed by atoms with Gasteiger partial charge in [-0.1, -0.05) is 39.3 Å². The van der Waals surface area contributed by atoms with Crippen molar-refractivity contribution in [3.8, 4) is 0 Å². The quantitative estimate of drug-likeness (QED) is 0.802. The van der Waals surface area contributed by atoms with E-state index in [1.54, 1.807) is 18.3 Å². The van der Waals surface area contributed by atoms with E-state index in [0.29, 0.717) is 10.8 Å².